The average Bonchev–Trinajstić information content (AvgIpc) is 2.96. The number of ether oxygens (including phenoxy) is 2. The molecule has 1 fully saturated rings. The molecule has 0 atom stereocenters. The molecule has 2 aliphatic rings. The van der Waals surface area contributed by atoms with Crippen molar-refractivity contribution in [1.29, 1.82) is 0 Å². The monoisotopic (exact) mass is 354 g/mol. The summed E-state index contributed by atoms with van der Waals surface area (Å²) in [6.07, 6.45) is 4.12. The molecule has 0 spiro atoms. The summed E-state index contributed by atoms with van der Waals surface area (Å²) in [5.41, 5.74) is 6.18. The first-order chi connectivity index (χ1) is 10.1. The fourth-order valence-corrected chi connectivity index (χ4v) is 3.54. The lowest BCUT2D eigenvalue weighted by Crippen LogP contribution is -2.51. The van der Waals surface area contributed by atoms with E-state index in [1.54, 1.807) is 12.1 Å². The van der Waals surface area contributed by atoms with Crippen LogP contribution in [0.4, 0.5) is 0 Å². The minimum Gasteiger partial charge on any atom is -0.486 e. The fourth-order valence-electron chi connectivity index (χ4n) is 2.99. The van der Waals surface area contributed by atoms with E-state index in [4.69, 9.17) is 15.2 Å². The van der Waals surface area contributed by atoms with Gasteiger partial charge in [0, 0.05) is 12.1 Å². The number of fused-ring (bicyclic) bond motifs is 1. The van der Waals surface area contributed by atoms with E-state index in [9.17, 15) is 4.79 Å². The molecule has 114 valence electrons. The minimum atomic E-state index is -0.253. The summed E-state index contributed by atoms with van der Waals surface area (Å²) in [7, 11) is 0. The lowest BCUT2D eigenvalue weighted by atomic mass is 9.97. The molecule has 5 nitrogen and oxygen atoms in total. The number of rotatable bonds is 3. The number of benzene rings is 1. The van der Waals surface area contributed by atoms with Gasteiger partial charge in [0.15, 0.2) is 11.5 Å². The van der Waals surface area contributed by atoms with Crippen molar-refractivity contribution in [1.82, 2.24) is 5.32 Å². The van der Waals surface area contributed by atoms with E-state index in [2.05, 4.69) is 21.2 Å². The van der Waals surface area contributed by atoms with Crippen LogP contribution in [0.25, 0.3) is 0 Å². The smallest absolute Gasteiger partial charge is 0.251 e. The molecule has 1 aromatic carbocycles. The Morgan fingerprint density at radius 1 is 1.29 bits per heavy atom. The molecule has 0 bridgehead atoms. The number of halogens is 1. The normalized spacial score (nSPS) is 19.3. The van der Waals surface area contributed by atoms with E-state index < -0.39 is 0 Å². The topological polar surface area (TPSA) is 73.6 Å². The van der Waals surface area contributed by atoms with Crippen LogP contribution >= 0.6 is 15.9 Å². The van der Waals surface area contributed by atoms with Crippen molar-refractivity contribution in [2.45, 2.75) is 31.2 Å². The van der Waals surface area contributed by atoms with Gasteiger partial charge in [-0.25, -0.2) is 0 Å². The molecule has 1 saturated carbocycles. The Hall–Kier alpha value is -1.27. The number of carbonyl (C=O) groups excluding carboxylic acids is 1. The highest BCUT2D eigenvalue weighted by Crippen LogP contribution is 2.38. The number of amides is 1. The van der Waals surface area contributed by atoms with Crippen molar-refractivity contribution >= 4 is 21.8 Å². The molecule has 0 radical (unpaired) electrons. The highest BCUT2D eigenvalue weighted by Gasteiger charge is 2.34. The molecule has 21 heavy (non-hydrogen) atoms. The predicted octanol–water partition coefficient (Wildman–Crippen LogP) is 2.22. The number of hydrogen-bond donors (Lipinski definition) is 2. The molecular weight excluding hydrogens is 336 g/mol. The van der Waals surface area contributed by atoms with Crippen LogP contribution in [0.3, 0.4) is 0 Å². The van der Waals surface area contributed by atoms with Crippen LogP contribution in [0, 0.1) is 0 Å². The molecule has 0 aromatic heterocycles. The van der Waals surface area contributed by atoms with Gasteiger partial charge in [-0.1, -0.05) is 12.8 Å². The number of hydrogen-bond acceptors (Lipinski definition) is 4. The van der Waals surface area contributed by atoms with Crippen LogP contribution < -0.4 is 20.5 Å². The Morgan fingerprint density at radius 2 is 2.00 bits per heavy atom. The van der Waals surface area contributed by atoms with Gasteiger partial charge in [0.05, 0.1) is 10.0 Å². The van der Waals surface area contributed by atoms with Gasteiger partial charge < -0.3 is 20.5 Å². The predicted molar refractivity (Wildman–Crippen MR) is 82.9 cm³/mol. The third-order valence-electron chi connectivity index (χ3n) is 4.19. The number of carbonyl (C=O) groups is 1. The van der Waals surface area contributed by atoms with Gasteiger partial charge in [0.1, 0.15) is 13.2 Å². The largest absolute Gasteiger partial charge is 0.486 e. The molecule has 1 amide bonds. The zero-order valence-corrected chi connectivity index (χ0v) is 13.4. The second-order valence-corrected chi connectivity index (χ2v) is 6.48. The first kappa shape index (κ1) is 14.7. The van der Waals surface area contributed by atoms with Crippen molar-refractivity contribution in [2.24, 2.45) is 5.73 Å². The Labute approximate surface area is 132 Å². The maximum Gasteiger partial charge on any atom is 0.251 e. The van der Waals surface area contributed by atoms with Gasteiger partial charge in [-0.2, -0.15) is 0 Å². The highest BCUT2D eigenvalue weighted by molar-refractivity contribution is 9.10. The summed E-state index contributed by atoms with van der Waals surface area (Å²) in [4.78, 5) is 12.5. The first-order valence-electron chi connectivity index (χ1n) is 7.25. The molecule has 1 heterocycles. The Morgan fingerprint density at radius 3 is 2.71 bits per heavy atom. The van der Waals surface area contributed by atoms with Gasteiger partial charge in [-0.05, 0) is 40.9 Å². The van der Waals surface area contributed by atoms with Crippen molar-refractivity contribution in [3.05, 3.63) is 22.2 Å². The molecule has 6 heteroatoms. The molecular formula is C15H19BrN2O3. The summed E-state index contributed by atoms with van der Waals surface area (Å²) >= 11 is 3.43. The number of nitrogens with one attached hydrogen (secondary N) is 1. The van der Waals surface area contributed by atoms with Crippen molar-refractivity contribution in [3.8, 4) is 11.5 Å². The Bertz CT molecular complexity index is 556. The van der Waals surface area contributed by atoms with Gasteiger partial charge in [-0.15, -0.1) is 0 Å². The molecule has 0 saturated heterocycles. The van der Waals surface area contributed by atoms with Gasteiger partial charge in [0.2, 0.25) is 0 Å². The van der Waals surface area contributed by atoms with Crippen molar-refractivity contribution in [2.75, 3.05) is 19.8 Å². The van der Waals surface area contributed by atoms with Crippen LogP contribution in [0.15, 0.2) is 16.6 Å². The highest BCUT2D eigenvalue weighted by atomic mass is 79.9. The van der Waals surface area contributed by atoms with Gasteiger partial charge >= 0.3 is 0 Å². The zero-order chi connectivity index (χ0) is 14.9. The third kappa shape index (κ3) is 2.87. The summed E-state index contributed by atoms with van der Waals surface area (Å²) in [6.45, 7) is 1.50. The maximum atomic E-state index is 12.5. The molecule has 3 N–H and O–H groups in total. The molecule has 3 rings (SSSR count). The maximum absolute atomic E-state index is 12.5. The first-order valence-corrected chi connectivity index (χ1v) is 8.05. The van der Waals surface area contributed by atoms with E-state index in [1.165, 1.54) is 0 Å². The minimum absolute atomic E-state index is 0.111. The summed E-state index contributed by atoms with van der Waals surface area (Å²) < 4.78 is 11.8. The lowest BCUT2D eigenvalue weighted by molar-refractivity contribution is 0.0901. The second kappa shape index (κ2) is 5.85. The molecule has 0 unspecified atom stereocenters. The lowest BCUT2D eigenvalue weighted by Gasteiger charge is -2.29. The summed E-state index contributed by atoms with van der Waals surface area (Å²) in [5.74, 6) is 1.15. The second-order valence-electron chi connectivity index (χ2n) is 5.63. The van der Waals surface area contributed by atoms with Gasteiger partial charge in [0.25, 0.3) is 5.91 Å². The van der Waals surface area contributed by atoms with E-state index >= 15 is 0 Å². The quantitative estimate of drug-likeness (QED) is 0.872. The zero-order valence-electron chi connectivity index (χ0n) is 11.8. The average molecular weight is 355 g/mol. The van der Waals surface area contributed by atoms with E-state index in [0.717, 1.165) is 30.2 Å². The van der Waals surface area contributed by atoms with Crippen molar-refractivity contribution < 1.29 is 14.3 Å². The standard InChI is InChI=1S/C15H19BrN2O3/c16-11-7-10(8-12-13(11)21-6-5-20-12)14(19)18-15(9-17)3-1-2-4-15/h7-8H,1-6,9,17H2,(H,18,19). The van der Waals surface area contributed by atoms with E-state index in [1.807, 2.05) is 0 Å². The van der Waals surface area contributed by atoms with Crippen LogP contribution in [-0.2, 0) is 0 Å². The Kier molecular flexibility index (Phi) is 4.08. The van der Waals surface area contributed by atoms with E-state index in [-0.39, 0.29) is 11.4 Å². The third-order valence-corrected chi connectivity index (χ3v) is 4.78. The molecule has 1 aliphatic heterocycles. The van der Waals surface area contributed by atoms with Crippen LogP contribution in [-0.4, -0.2) is 31.2 Å². The van der Waals surface area contributed by atoms with E-state index in [0.29, 0.717) is 36.8 Å². The SMILES string of the molecule is NCC1(NC(=O)c2cc(Br)c3c(c2)OCCO3)CCCC1. The molecule has 1 aromatic rings. The molecule has 1 aliphatic carbocycles. The number of nitrogens with two attached hydrogens (primary N) is 1. The van der Waals surface area contributed by atoms with Crippen LogP contribution in [0.1, 0.15) is 36.0 Å². The van der Waals surface area contributed by atoms with Crippen LogP contribution in [0.2, 0.25) is 0 Å². The Balaban J connectivity index is 1.83. The summed E-state index contributed by atoms with van der Waals surface area (Å²) in [5, 5.41) is 3.11. The van der Waals surface area contributed by atoms with Crippen LogP contribution in [0.5, 0.6) is 11.5 Å². The van der Waals surface area contributed by atoms with Crippen molar-refractivity contribution in [3.63, 3.8) is 0 Å². The summed E-state index contributed by atoms with van der Waals surface area (Å²) in [6, 6.07) is 3.50. The van der Waals surface area contributed by atoms with Gasteiger partial charge in [-0.3, -0.25) is 4.79 Å². The fraction of sp³-hybridized carbons (Fsp3) is 0.533.